The quantitative estimate of drug-likeness (QED) is 0.663. The zero-order valence-electron chi connectivity index (χ0n) is 6.78. The minimum absolute atomic E-state index is 0.748. The first-order valence-corrected chi connectivity index (χ1v) is 4.03. The van der Waals surface area contributed by atoms with Crippen LogP contribution in [0.5, 0.6) is 11.5 Å². The van der Waals surface area contributed by atoms with E-state index in [2.05, 4.69) is 4.98 Å². The van der Waals surface area contributed by atoms with Crippen LogP contribution in [0.25, 0.3) is 10.9 Å². The molecule has 2 heterocycles. The van der Waals surface area contributed by atoms with Crippen LogP contribution in [0.4, 0.5) is 0 Å². The van der Waals surface area contributed by atoms with Gasteiger partial charge in [0.1, 0.15) is 12.5 Å². The molecule has 2 aromatic rings. The largest absolute Gasteiger partial charge is 0.458 e. The Kier molecular flexibility index (Phi) is 1.16. The summed E-state index contributed by atoms with van der Waals surface area (Å²) in [5.74, 6) is 1.51. The molecule has 0 atom stereocenters. The predicted octanol–water partition coefficient (Wildman–Crippen LogP) is 2.41. The lowest BCUT2D eigenvalue weighted by molar-refractivity contribution is 0.362. The smallest absolute Gasteiger partial charge is 0.171 e. The SMILES string of the molecule is C1=COc2cc3[nH]ccc3cc2O1. The topological polar surface area (TPSA) is 34.2 Å². The van der Waals surface area contributed by atoms with Crippen molar-refractivity contribution in [2.24, 2.45) is 0 Å². The van der Waals surface area contributed by atoms with E-state index in [1.165, 1.54) is 12.5 Å². The molecule has 0 radical (unpaired) electrons. The number of nitrogens with one attached hydrogen (secondary N) is 1. The summed E-state index contributed by atoms with van der Waals surface area (Å²) in [6.45, 7) is 0. The molecule has 0 amide bonds. The maximum Gasteiger partial charge on any atom is 0.171 e. The molecule has 3 rings (SSSR count). The molecule has 0 spiro atoms. The fourth-order valence-corrected chi connectivity index (χ4v) is 1.45. The highest BCUT2D eigenvalue weighted by Gasteiger charge is 2.09. The van der Waals surface area contributed by atoms with E-state index in [1.54, 1.807) is 0 Å². The highest BCUT2D eigenvalue weighted by molar-refractivity contribution is 5.83. The predicted molar refractivity (Wildman–Crippen MR) is 48.7 cm³/mol. The van der Waals surface area contributed by atoms with Gasteiger partial charge in [0.2, 0.25) is 0 Å². The summed E-state index contributed by atoms with van der Waals surface area (Å²) >= 11 is 0. The standard InChI is InChI=1S/C10H7NO2/c1-2-11-8-6-10-9(5-7(1)8)12-3-4-13-10/h1-6,11H. The summed E-state index contributed by atoms with van der Waals surface area (Å²) in [7, 11) is 0. The van der Waals surface area contributed by atoms with Crippen molar-refractivity contribution < 1.29 is 9.47 Å². The van der Waals surface area contributed by atoms with E-state index in [-0.39, 0.29) is 0 Å². The normalized spacial score (nSPS) is 13.5. The van der Waals surface area contributed by atoms with Crippen molar-refractivity contribution in [3.05, 3.63) is 36.9 Å². The first kappa shape index (κ1) is 6.60. The van der Waals surface area contributed by atoms with Gasteiger partial charge in [0.15, 0.2) is 11.5 Å². The number of ether oxygens (including phenoxy) is 2. The molecular formula is C10H7NO2. The summed E-state index contributed by atoms with van der Waals surface area (Å²) in [6.07, 6.45) is 4.95. The second-order valence-corrected chi connectivity index (χ2v) is 2.87. The first-order valence-electron chi connectivity index (χ1n) is 4.03. The van der Waals surface area contributed by atoms with Crippen LogP contribution in [0.3, 0.4) is 0 Å². The number of benzene rings is 1. The van der Waals surface area contributed by atoms with Crippen molar-refractivity contribution >= 4 is 10.9 Å². The van der Waals surface area contributed by atoms with Crippen molar-refractivity contribution in [3.63, 3.8) is 0 Å². The molecule has 1 N–H and O–H groups in total. The van der Waals surface area contributed by atoms with E-state index in [4.69, 9.17) is 9.47 Å². The van der Waals surface area contributed by atoms with E-state index in [9.17, 15) is 0 Å². The Morgan fingerprint density at radius 3 is 2.62 bits per heavy atom. The summed E-state index contributed by atoms with van der Waals surface area (Å²) in [5, 5.41) is 1.12. The van der Waals surface area contributed by atoms with Crippen molar-refractivity contribution in [1.82, 2.24) is 4.98 Å². The average Bonchev–Trinajstić information content (AvgIpc) is 2.61. The monoisotopic (exact) mass is 173 g/mol. The van der Waals surface area contributed by atoms with Gasteiger partial charge in [-0.1, -0.05) is 0 Å². The third kappa shape index (κ3) is 0.902. The zero-order chi connectivity index (χ0) is 8.67. The van der Waals surface area contributed by atoms with Gasteiger partial charge in [-0.25, -0.2) is 0 Å². The number of aromatic amines is 1. The first-order chi connectivity index (χ1) is 6.43. The highest BCUT2D eigenvalue weighted by Crippen LogP contribution is 2.34. The molecule has 1 aromatic carbocycles. The van der Waals surface area contributed by atoms with Gasteiger partial charge in [-0.3, -0.25) is 0 Å². The molecule has 1 aromatic heterocycles. The van der Waals surface area contributed by atoms with Crippen LogP contribution in [-0.4, -0.2) is 4.98 Å². The summed E-state index contributed by atoms with van der Waals surface area (Å²) in [6, 6.07) is 5.87. The maximum atomic E-state index is 5.28. The molecule has 0 saturated heterocycles. The second-order valence-electron chi connectivity index (χ2n) is 2.87. The van der Waals surface area contributed by atoms with E-state index in [0.717, 1.165) is 22.4 Å². The van der Waals surface area contributed by atoms with Crippen LogP contribution >= 0.6 is 0 Å². The molecule has 1 aliphatic heterocycles. The lowest BCUT2D eigenvalue weighted by Gasteiger charge is -2.11. The third-order valence-electron chi connectivity index (χ3n) is 2.06. The van der Waals surface area contributed by atoms with Crippen LogP contribution in [0, 0.1) is 0 Å². The molecule has 0 saturated carbocycles. The Bertz CT molecular complexity index is 443. The second kappa shape index (κ2) is 2.29. The minimum Gasteiger partial charge on any atom is -0.458 e. The van der Waals surface area contributed by atoms with E-state index >= 15 is 0 Å². The lowest BCUT2D eigenvalue weighted by Crippen LogP contribution is -1.95. The van der Waals surface area contributed by atoms with Crippen LogP contribution < -0.4 is 9.47 Å². The zero-order valence-corrected chi connectivity index (χ0v) is 6.78. The maximum absolute atomic E-state index is 5.28. The molecular weight excluding hydrogens is 166 g/mol. The molecule has 0 unspecified atom stereocenters. The average molecular weight is 173 g/mol. The third-order valence-corrected chi connectivity index (χ3v) is 2.06. The van der Waals surface area contributed by atoms with Crippen LogP contribution in [0.15, 0.2) is 36.9 Å². The molecule has 64 valence electrons. The van der Waals surface area contributed by atoms with Gasteiger partial charge >= 0.3 is 0 Å². The van der Waals surface area contributed by atoms with Gasteiger partial charge in [0.05, 0.1) is 0 Å². The van der Waals surface area contributed by atoms with Crippen LogP contribution in [-0.2, 0) is 0 Å². The molecule has 3 nitrogen and oxygen atoms in total. The fraction of sp³-hybridized carbons (Fsp3) is 0. The number of fused-ring (bicyclic) bond motifs is 2. The number of aromatic nitrogens is 1. The Morgan fingerprint density at radius 2 is 1.77 bits per heavy atom. The van der Waals surface area contributed by atoms with Crippen LogP contribution in [0.2, 0.25) is 0 Å². The van der Waals surface area contributed by atoms with Crippen molar-refractivity contribution in [1.29, 1.82) is 0 Å². The molecule has 0 aliphatic carbocycles. The van der Waals surface area contributed by atoms with Crippen LogP contribution in [0.1, 0.15) is 0 Å². The molecule has 3 heteroatoms. The number of hydrogen-bond acceptors (Lipinski definition) is 2. The Balaban J connectivity index is 2.31. The summed E-state index contributed by atoms with van der Waals surface area (Å²) in [4.78, 5) is 3.11. The number of H-pyrrole nitrogens is 1. The van der Waals surface area contributed by atoms with E-state index < -0.39 is 0 Å². The highest BCUT2D eigenvalue weighted by atomic mass is 16.5. The van der Waals surface area contributed by atoms with Gasteiger partial charge in [0.25, 0.3) is 0 Å². The Morgan fingerprint density at radius 1 is 1.00 bits per heavy atom. The van der Waals surface area contributed by atoms with E-state index in [0.29, 0.717) is 0 Å². The minimum atomic E-state index is 0.748. The number of rotatable bonds is 0. The van der Waals surface area contributed by atoms with Gasteiger partial charge in [-0.2, -0.15) is 0 Å². The fourth-order valence-electron chi connectivity index (χ4n) is 1.45. The lowest BCUT2D eigenvalue weighted by atomic mass is 10.2. The Hall–Kier alpha value is -1.90. The van der Waals surface area contributed by atoms with Gasteiger partial charge < -0.3 is 14.5 Å². The summed E-state index contributed by atoms with van der Waals surface area (Å²) < 4.78 is 10.6. The van der Waals surface area contributed by atoms with Crippen molar-refractivity contribution in [3.8, 4) is 11.5 Å². The molecule has 13 heavy (non-hydrogen) atoms. The summed E-state index contributed by atoms with van der Waals surface area (Å²) in [5.41, 5.74) is 1.05. The molecule has 1 aliphatic rings. The van der Waals surface area contributed by atoms with Crippen molar-refractivity contribution in [2.45, 2.75) is 0 Å². The molecule has 0 bridgehead atoms. The van der Waals surface area contributed by atoms with Crippen molar-refractivity contribution in [2.75, 3.05) is 0 Å². The van der Waals surface area contributed by atoms with Gasteiger partial charge in [-0.15, -0.1) is 0 Å². The van der Waals surface area contributed by atoms with Gasteiger partial charge in [-0.05, 0) is 12.1 Å². The van der Waals surface area contributed by atoms with Gasteiger partial charge in [0, 0.05) is 23.2 Å². The molecule has 0 fully saturated rings. The Labute approximate surface area is 74.6 Å². The number of hydrogen-bond donors (Lipinski definition) is 1. The van der Waals surface area contributed by atoms with E-state index in [1.807, 2.05) is 24.4 Å².